The molecule has 1 aromatic carbocycles. The molecule has 3 nitrogen and oxygen atoms in total. The first-order valence-corrected chi connectivity index (χ1v) is 6.62. The molecule has 0 N–H and O–H groups in total. The lowest BCUT2D eigenvalue weighted by Crippen LogP contribution is -2.45. The summed E-state index contributed by atoms with van der Waals surface area (Å²) in [7, 11) is 0. The molecule has 108 valence electrons. The van der Waals surface area contributed by atoms with Crippen LogP contribution in [0.25, 0.3) is 0 Å². The largest absolute Gasteiger partial charge is 0.465 e. The number of fused-ring (bicyclic) bond motifs is 1. The molecule has 0 spiro atoms. The molecule has 2 rings (SSSR count). The summed E-state index contributed by atoms with van der Waals surface area (Å²) in [5, 5.41) is 0. The van der Waals surface area contributed by atoms with Gasteiger partial charge in [-0.05, 0) is 12.0 Å². The number of rotatable bonds is 5. The zero-order valence-corrected chi connectivity index (χ0v) is 11.2. The first-order valence-electron chi connectivity index (χ1n) is 6.62. The van der Waals surface area contributed by atoms with Gasteiger partial charge in [-0.3, -0.25) is 9.59 Å². The molecule has 0 radical (unpaired) electrons. The van der Waals surface area contributed by atoms with Crippen LogP contribution in [-0.2, 0) is 16.0 Å². The summed E-state index contributed by atoms with van der Waals surface area (Å²) < 4.78 is 31.8. The molecule has 0 heterocycles. The molecule has 0 amide bonds. The molecule has 0 saturated carbocycles. The molecule has 20 heavy (non-hydrogen) atoms. The lowest BCUT2D eigenvalue weighted by Gasteiger charge is -2.24. The fraction of sp³-hybridized carbons (Fsp3) is 0.467. The van der Waals surface area contributed by atoms with Crippen LogP contribution < -0.4 is 0 Å². The van der Waals surface area contributed by atoms with Gasteiger partial charge in [-0.2, -0.15) is 0 Å². The summed E-state index contributed by atoms with van der Waals surface area (Å²) in [6.07, 6.45) is -1.99. The summed E-state index contributed by atoms with van der Waals surface area (Å²) in [6.45, 7) is 1.96. The lowest BCUT2D eigenvalue weighted by atomic mass is 9.84. The third kappa shape index (κ3) is 2.21. The number of carbonyl (C=O) groups excluding carboxylic acids is 2. The highest BCUT2D eigenvalue weighted by atomic mass is 19.3. The highest BCUT2D eigenvalue weighted by Gasteiger charge is 2.59. The Bertz CT molecular complexity index is 528. The van der Waals surface area contributed by atoms with Gasteiger partial charge in [0.2, 0.25) is 0 Å². The van der Waals surface area contributed by atoms with Gasteiger partial charge in [0.25, 0.3) is 6.43 Å². The number of unbranched alkanes of at least 4 members (excludes halogenated alkanes) is 1. The Hall–Kier alpha value is -1.78. The third-order valence-corrected chi connectivity index (χ3v) is 3.60. The normalized spacial score (nSPS) is 21.1. The van der Waals surface area contributed by atoms with Crippen molar-refractivity contribution in [3.63, 3.8) is 0 Å². The number of alkyl halides is 2. The standard InChI is InChI=1S/C15H16F2O3/c1-2-3-8-20-14(19)15(13(16)17)9-10-6-4-5-7-11(10)12(15)18/h4-7,13H,2-3,8-9H2,1H3. The highest BCUT2D eigenvalue weighted by Crippen LogP contribution is 2.42. The minimum absolute atomic E-state index is 0.0629. The molecule has 0 aliphatic heterocycles. The van der Waals surface area contributed by atoms with Crippen molar-refractivity contribution < 1.29 is 23.1 Å². The smallest absolute Gasteiger partial charge is 0.326 e. The van der Waals surface area contributed by atoms with Crippen LogP contribution in [0.1, 0.15) is 35.7 Å². The Morgan fingerprint density at radius 2 is 2.10 bits per heavy atom. The lowest BCUT2D eigenvalue weighted by molar-refractivity contribution is -0.160. The van der Waals surface area contributed by atoms with Crippen molar-refractivity contribution in [3.05, 3.63) is 35.4 Å². The third-order valence-electron chi connectivity index (χ3n) is 3.60. The highest BCUT2D eigenvalue weighted by molar-refractivity contribution is 6.16. The van der Waals surface area contributed by atoms with Gasteiger partial charge >= 0.3 is 5.97 Å². The molecule has 1 aliphatic carbocycles. The molecular weight excluding hydrogens is 266 g/mol. The molecule has 0 saturated heterocycles. The Labute approximate surface area is 115 Å². The van der Waals surface area contributed by atoms with Gasteiger partial charge in [0.15, 0.2) is 11.2 Å². The van der Waals surface area contributed by atoms with E-state index in [1.165, 1.54) is 6.07 Å². The number of benzene rings is 1. The maximum Gasteiger partial charge on any atom is 0.326 e. The van der Waals surface area contributed by atoms with E-state index in [9.17, 15) is 18.4 Å². The number of carbonyl (C=O) groups is 2. The van der Waals surface area contributed by atoms with Crippen molar-refractivity contribution in [2.75, 3.05) is 6.61 Å². The van der Waals surface area contributed by atoms with E-state index in [-0.39, 0.29) is 18.6 Å². The van der Waals surface area contributed by atoms with Crippen molar-refractivity contribution in [3.8, 4) is 0 Å². The van der Waals surface area contributed by atoms with Gasteiger partial charge in [0.05, 0.1) is 6.61 Å². The first-order chi connectivity index (χ1) is 9.54. The molecule has 1 aliphatic rings. The average Bonchev–Trinajstić information content (AvgIpc) is 2.74. The minimum atomic E-state index is -3.07. The van der Waals surface area contributed by atoms with Gasteiger partial charge in [-0.25, -0.2) is 8.78 Å². The van der Waals surface area contributed by atoms with Gasteiger partial charge in [0.1, 0.15) is 0 Å². The number of Topliss-reactive ketones (excluding diaryl/α,β-unsaturated/α-hetero) is 1. The van der Waals surface area contributed by atoms with E-state index in [2.05, 4.69) is 0 Å². The van der Waals surface area contributed by atoms with E-state index in [1.54, 1.807) is 18.2 Å². The van der Waals surface area contributed by atoms with Gasteiger partial charge < -0.3 is 4.74 Å². The summed E-state index contributed by atoms with van der Waals surface area (Å²) in [5.41, 5.74) is -1.69. The second-order valence-corrected chi connectivity index (χ2v) is 4.92. The fourth-order valence-corrected chi connectivity index (χ4v) is 2.39. The number of hydrogen-bond acceptors (Lipinski definition) is 3. The zero-order valence-electron chi connectivity index (χ0n) is 11.2. The monoisotopic (exact) mass is 282 g/mol. The number of hydrogen-bond donors (Lipinski definition) is 0. The van der Waals surface area contributed by atoms with Crippen molar-refractivity contribution >= 4 is 11.8 Å². The van der Waals surface area contributed by atoms with Crippen LogP contribution in [0.2, 0.25) is 0 Å². The van der Waals surface area contributed by atoms with Crippen LogP contribution in [0, 0.1) is 5.41 Å². The average molecular weight is 282 g/mol. The number of ketones is 1. The quantitative estimate of drug-likeness (QED) is 0.473. The van der Waals surface area contributed by atoms with E-state index >= 15 is 0 Å². The van der Waals surface area contributed by atoms with Gasteiger partial charge in [0, 0.05) is 12.0 Å². The predicted octanol–water partition coefficient (Wildman–Crippen LogP) is 3.02. The maximum atomic E-state index is 13.4. The molecule has 1 atom stereocenters. The van der Waals surface area contributed by atoms with Gasteiger partial charge in [-0.1, -0.05) is 37.6 Å². The summed E-state index contributed by atoms with van der Waals surface area (Å²) in [4.78, 5) is 24.3. The Kier molecular flexibility index (Phi) is 4.16. The minimum Gasteiger partial charge on any atom is -0.465 e. The van der Waals surface area contributed by atoms with Crippen LogP contribution in [0.3, 0.4) is 0 Å². The second-order valence-electron chi connectivity index (χ2n) is 4.92. The first kappa shape index (κ1) is 14.6. The number of ether oxygens (including phenoxy) is 1. The van der Waals surface area contributed by atoms with E-state index in [4.69, 9.17) is 4.74 Å². The molecular formula is C15H16F2O3. The van der Waals surface area contributed by atoms with Crippen LogP contribution in [0.4, 0.5) is 8.78 Å². The van der Waals surface area contributed by atoms with Crippen molar-refractivity contribution in [1.82, 2.24) is 0 Å². The van der Waals surface area contributed by atoms with Crippen molar-refractivity contribution in [1.29, 1.82) is 0 Å². The molecule has 0 fully saturated rings. The fourth-order valence-electron chi connectivity index (χ4n) is 2.39. The molecule has 1 aromatic rings. The Morgan fingerprint density at radius 3 is 2.70 bits per heavy atom. The van der Waals surface area contributed by atoms with Crippen molar-refractivity contribution in [2.24, 2.45) is 5.41 Å². The van der Waals surface area contributed by atoms with E-state index < -0.39 is 23.6 Å². The molecule has 0 aromatic heterocycles. The van der Waals surface area contributed by atoms with Crippen LogP contribution in [0.5, 0.6) is 0 Å². The Balaban J connectivity index is 2.30. The van der Waals surface area contributed by atoms with Gasteiger partial charge in [-0.15, -0.1) is 0 Å². The molecule has 5 heteroatoms. The van der Waals surface area contributed by atoms with Crippen molar-refractivity contribution in [2.45, 2.75) is 32.6 Å². The molecule has 0 bridgehead atoms. The number of halogens is 2. The summed E-state index contributed by atoms with van der Waals surface area (Å²) in [5.74, 6) is -1.94. The summed E-state index contributed by atoms with van der Waals surface area (Å²) >= 11 is 0. The van der Waals surface area contributed by atoms with E-state index in [0.29, 0.717) is 12.0 Å². The predicted molar refractivity (Wildman–Crippen MR) is 68.8 cm³/mol. The zero-order chi connectivity index (χ0) is 14.8. The van der Waals surface area contributed by atoms with Crippen LogP contribution in [-0.4, -0.2) is 24.8 Å². The van der Waals surface area contributed by atoms with E-state index in [0.717, 1.165) is 6.42 Å². The second kappa shape index (κ2) is 5.69. The SMILES string of the molecule is CCCCOC(=O)C1(C(F)F)Cc2ccccc2C1=O. The number of esters is 1. The van der Waals surface area contributed by atoms with E-state index in [1.807, 2.05) is 6.92 Å². The maximum absolute atomic E-state index is 13.4. The van der Waals surface area contributed by atoms with Crippen LogP contribution >= 0.6 is 0 Å². The molecule has 1 unspecified atom stereocenters. The Morgan fingerprint density at radius 1 is 1.40 bits per heavy atom. The van der Waals surface area contributed by atoms with Crippen LogP contribution in [0.15, 0.2) is 24.3 Å². The topological polar surface area (TPSA) is 43.4 Å². The summed E-state index contributed by atoms with van der Waals surface area (Å²) in [6, 6.07) is 6.33.